The van der Waals surface area contributed by atoms with Gasteiger partial charge in [0.2, 0.25) is 13.4 Å². The largest absolute Gasteiger partial charge is 0.310 e. The first-order valence-electron chi connectivity index (χ1n) is 49.9. The molecule has 0 N–H and O–H groups in total. The molecule has 4 aliphatic heterocycles. The Morgan fingerprint density at radius 3 is 1.02 bits per heavy atom. The summed E-state index contributed by atoms with van der Waals surface area (Å²) in [5.74, 6) is 0. The third-order valence-corrected chi connectivity index (χ3v) is 27.7. The summed E-state index contributed by atoms with van der Waals surface area (Å²) in [4.78, 5) is 2.42. The van der Waals surface area contributed by atoms with E-state index in [-0.39, 0.29) is 18.8 Å². The summed E-state index contributed by atoms with van der Waals surface area (Å²) >= 11 is 0. The maximum absolute atomic E-state index is 2.67. The van der Waals surface area contributed by atoms with Crippen LogP contribution in [0.15, 0.2) is 413 Å². The molecular formula is C130H124B2N2. The van der Waals surface area contributed by atoms with E-state index in [1.165, 1.54) is 188 Å². The molecule has 7 aliphatic rings. The molecule has 0 radical (unpaired) electrons. The van der Waals surface area contributed by atoms with Crippen LogP contribution in [0.25, 0.3) is 83.1 Å². The molecule has 0 saturated heterocycles. The number of hydrogen-bond donors (Lipinski definition) is 0. The van der Waals surface area contributed by atoms with Crippen LogP contribution in [0.4, 0.5) is 17.1 Å². The molecule has 0 atom stereocenters. The van der Waals surface area contributed by atoms with Gasteiger partial charge in [0.15, 0.2) is 0 Å². The van der Waals surface area contributed by atoms with Crippen molar-refractivity contribution in [2.75, 3.05) is 4.90 Å². The molecule has 2 nitrogen and oxygen atoms in total. The molecule has 3 aliphatic carbocycles. The molecule has 26 rings (SSSR count). The Bertz CT molecular complexity index is 7120. The zero-order valence-corrected chi connectivity index (χ0v) is 81.1. The van der Waals surface area contributed by atoms with Crippen molar-refractivity contribution in [1.82, 2.24) is 4.57 Å². The maximum atomic E-state index is 2.67. The van der Waals surface area contributed by atoms with Gasteiger partial charge in [-0.2, -0.15) is 0 Å². The van der Waals surface area contributed by atoms with Crippen LogP contribution in [0, 0.1) is 0 Å². The summed E-state index contributed by atoms with van der Waals surface area (Å²) in [6.45, 7) is 32.5. The van der Waals surface area contributed by atoms with Crippen molar-refractivity contribution in [2.45, 2.75) is 147 Å². The van der Waals surface area contributed by atoms with Gasteiger partial charge in [0.1, 0.15) is 0 Å². The lowest BCUT2D eigenvalue weighted by molar-refractivity contribution is 0.768. The Balaban J connectivity index is 0.000000164. The van der Waals surface area contributed by atoms with Crippen LogP contribution in [0.5, 0.6) is 0 Å². The lowest BCUT2D eigenvalue weighted by Gasteiger charge is -2.36. The fourth-order valence-electron chi connectivity index (χ4n) is 22.9. The highest BCUT2D eigenvalue weighted by Gasteiger charge is 2.54. The van der Waals surface area contributed by atoms with Crippen molar-refractivity contribution >= 4 is 85.1 Å². The predicted molar refractivity (Wildman–Crippen MR) is 583 cm³/mol. The average Bonchev–Trinajstić information content (AvgIpc) is 1.34. The standard InChI is InChI=1S/C61H42N2.C53H34B2.8C2H6/c1-5-17-43(18-6-1)44-29-34-50(35-30-44)62(51-36-31-45(32-37-51)46-33-40-60-56(41-46)55-26-14-16-28-59(55)63(60)49-23-11-4-12-24-49)52-38-39-54-53-25-13-15-27-57(53)61(58(54)42-52,47-19-7-2-8-20-47)48-21-9-3-10-22-48;1-7-21-47-31(11-1)23-33-13-9-15-35-25-37-27-45-41(29-49(37)54(47)51(33)35)39-17-3-5-19-43(39)53(45)44-20-6-4-18-40(44)42-30-50-38(28-46(42)53)26-36-16-10-14-34-24-32-12-2-8-22-48(32)55(50)52(34)36;8*1-2/h1-42H;1-22,27-30H,23-26H2;8*1-2H3. The second kappa shape index (κ2) is 40.4. The Morgan fingerprint density at radius 1 is 0.209 bits per heavy atom. The number of fused-ring (bicyclic) bond motifs is 24. The lowest BCUT2D eigenvalue weighted by atomic mass is 9.30. The maximum Gasteiger partial charge on any atom is 0.242 e. The number of nitrogens with zero attached hydrogens (tertiary/aromatic N) is 2. The summed E-state index contributed by atoms with van der Waals surface area (Å²) in [6.07, 6.45) is 4.02. The molecule has 0 unspecified atom stereocenters. The van der Waals surface area contributed by atoms with E-state index in [2.05, 4.69) is 422 Å². The molecule has 5 heterocycles. The van der Waals surface area contributed by atoms with E-state index in [1.807, 2.05) is 111 Å². The summed E-state index contributed by atoms with van der Waals surface area (Å²) in [5, 5.41) is 2.50. The van der Waals surface area contributed by atoms with Crippen LogP contribution in [0.3, 0.4) is 0 Å². The molecule has 1 aromatic heterocycles. The van der Waals surface area contributed by atoms with Crippen molar-refractivity contribution in [2.24, 2.45) is 0 Å². The molecular weight excluding hydrogens is 1610 g/mol. The van der Waals surface area contributed by atoms with Crippen LogP contribution < -0.4 is 37.7 Å². The molecule has 19 aromatic rings. The normalized spacial score (nSPS) is 12.7. The highest BCUT2D eigenvalue weighted by Crippen LogP contribution is 2.64. The van der Waals surface area contributed by atoms with Crippen LogP contribution in [0.2, 0.25) is 0 Å². The van der Waals surface area contributed by atoms with Gasteiger partial charge in [-0.05, 0) is 237 Å². The Hall–Kier alpha value is -14.3. The van der Waals surface area contributed by atoms with Gasteiger partial charge in [-0.15, -0.1) is 0 Å². The molecule has 4 heteroatoms. The predicted octanol–water partition coefficient (Wildman–Crippen LogP) is 30.8. The number of hydrogen-bond acceptors (Lipinski definition) is 1. The molecule has 1 spiro atoms. The molecule has 18 aromatic carbocycles. The minimum Gasteiger partial charge on any atom is -0.310 e. The van der Waals surface area contributed by atoms with Crippen molar-refractivity contribution in [1.29, 1.82) is 0 Å². The summed E-state index contributed by atoms with van der Waals surface area (Å²) in [7, 11) is 0. The first-order valence-corrected chi connectivity index (χ1v) is 49.9. The van der Waals surface area contributed by atoms with Crippen LogP contribution in [-0.4, -0.2) is 18.0 Å². The van der Waals surface area contributed by atoms with E-state index in [0.29, 0.717) is 0 Å². The molecule has 0 bridgehead atoms. The van der Waals surface area contributed by atoms with Crippen molar-refractivity contribution < 1.29 is 0 Å². The quantitative estimate of drug-likeness (QED) is 0.138. The van der Waals surface area contributed by atoms with Crippen LogP contribution >= 0.6 is 0 Å². The third-order valence-electron chi connectivity index (χ3n) is 27.7. The minimum atomic E-state index is -0.501. The van der Waals surface area contributed by atoms with Gasteiger partial charge in [0, 0.05) is 33.5 Å². The third kappa shape index (κ3) is 15.1. The van der Waals surface area contributed by atoms with Crippen LogP contribution in [0.1, 0.15) is 200 Å². The zero-order chi connectivity index (χ0) is 93.3. The number of aromatic nitrogens is 1. The second-order valence-corrected chi connectivity index (χ2v) is 33.5. The SMILES string of the molecule is CC.CC.CC.CC.CC.CC.CC.CC.c1ccc(-c2ccc(N(c3ccc(-c4ccc5c(c4)c4ccccc4n5-c4ccccc4)cc3)c3ccc4c(c3)C(c3ccccc3)(c3ccccc3)c3ccccc3-4)cc2)cc1.c1ccc2c(c1)Cc1cccc3c1B2c1cc2c(cc1C3)C1(c3ccccc3-2)c2ccccc2-c2cc3c(cc21)Cc1cccc2c1B3c1ccccc1C2. The Morgan fingerprint density at radius 2 is 0.545 bits per heavy atom. The van der Waals surface area contributed by atoms with Crippen molar-refractivity contribution in [3.05, 3.63) is 502 Å². The van der Waals surface area contributed by atoms with Crippen LogP contribution in [-0.2, 0) is 36.5 Å². The first kappa shape index (κ1) is 91.6. The molecule has 0 amide bonds. The summed E-state index contributed by atoms with van der Waals surface area (Å²) < 4.78 is 2.37. The minimum absolute atomic E-state index is 0.271. The number of rotatable bonds is 8. The molecule has 0 saturated carbocycles. The highest BCUT2D eigenvalue weighted by molar-refractivity contribution is 6.98. The number of para-hydroxylation sites is 2. The Kier molecular flexibility index (Phi) is 27.6. The molecule has 660 valence electrons. The smallest absolute Gasteiger partial charge is 0.242 e. The monoisotopic (exact) mass is 1730 g/mol. The van der Waals surface area contributed by atoms with E-state index in [4.69, 9.17) is 0 Å². The second-order valence-electron chi connectivity index (χ2n) is 33.5. The highest BCUT2D eigenvalue weighted by atomic mass is 15.1. The van der Waals surface area contributed by atoms with E-state index >= 15 is 0 Å². The summed E-state index contributed by atoms with van der Waals surface area (Å²) in [6, 6.07) is 155. The fraction of sp³-hybridized carbons (Fsp3) is 0.169. The fourth-order valence-corrected chi connectivity index (χ4v) is 22.9. The van der Waals surface area contributed by atoms with Gasteiger partial charge in [0.25, 0.3) is 0 Å². The number of anilines is 3. The van der Waals surface area contributed by atoms with E-state index in [9.17, 15) is 0 Å². The lowest BCUT2D eigenvalue weighted by Crippen LogP contribution is -2.61. The molecule has 0 fully saturated rings. The summed E-state index contributed by atoms with van der Waals surface area (Å²) in [5.41, 5.74) is 50.8. The van der Waals surface area contributed by atoms with Crippen molar-refractivity contribution in [3.8, 4) is 61.3 Å². The van der Waals surface area contributed by atoms with E-state index in [1.54, 1.807) is 10.9 Å². The van der Waals surface area contributed by atoms with Gasteiger partial charge in [-0.25, -0.2) is 0 Å². The molecule has 134 heavy (non-hydrogen) atoms. The zero-order valence-electron chi connectivity index (χ0n) is 81.1. The topological polar surface area (TPSA) is 8.17 Å². The van der Waals surface area contributed by atoms with Gasteiger partial charge < -0.3 is 9.47 Å². The van der Waals surface area contributed by atoms with E-state index < -0.39 is 5.41 Å². The van der Waals surface area contributed by atoms with Gasteiger partial charge >= 0.3 is 0 Å². The number of benzene rings is 18. The van der Waals surface area contributed by atoms with Crippen molar-refractivity contribution in [3.63, 3.8) is 0 Å². The van der Waals surface area contributed by atoms with E-state index in [0.717, 1.165) is 48.4 Å². The van der Waals surface area contributed by atoms with Gasteiger partial charge in [0.05, 0.1) is 21.9 Å². The first-order chi connectivity index (χ1) is 66.5. The Labute approximate surface area is 799 Å². The average molecular weight is 1740 g/mol. The van der Waals surface area contributed by atoms with Gasteiger partial charge in [-0.1, -0.05) is 489 Å². The van der Waals surface area contributed by atoms with Gasteiger partial charge in [-0.3, -0.25) is 0 Å².